The molecule has 1 saturated heterocycles. The Labute approximate surface area is 158 Å². The van der Waals surface area contributed by atoms with Crippen LogP contribution < -0.4 is 0 Å². The van der Waals surface area contributed by atoms with E-state index in [1.165, 1.54) is 5.56 Å². The Morgan fingerprint density at radius 3 is 2.54 bits per heavy atom. The van der Waals surface area contributed by atoms with Crippen molar-refractivity contribution in [2.24, 2.45) is 0 Å². The molecule has 1 aliphatic heterocycles. The van der Waals surface area contributed by atoms with Crippen molar-refractivity contribution < 1.29 is 14.3 Å². The number of aryl methyl sites for hydroxylation is 1. The number of rotatable bonds is 6. The molecule has 26 heavy (non-hydrogen) atoms. The summed E-state index contributed by atoms with van der Waals surface area (Å²) in [6.07, 6.45) is 8.04. The van der Waals surface area contributed by atoms with Gasteiger partial charge in [-0.3, -0.25) is 4.90 Å². The number of nitrogens with zero attached hydrogens (tertiary/aromatic N) is 1. The number of ether oxygens (including phenoxy) is 2. The summed E-state index contributed by atoms with van der Waals surface area (Å²) < 4.78 is 11.4. The zero-order chi connectivity index (χ0) is 19.2. The molecule has 0 bridgehead atoms. The molecule has 1 aromatic carbocycles. The van der Waals surface area contributed by atoms with Gasteiger partial charge in [-0.25, -0.2) is 4.79 Å². The maximum Gasteiger partial charge on any atom is 0.412 e. The highest BCUT2D eigenvalue weighted by molar-refractivity contribution is 5.69. The van der Waals surface area contributed by atoms with Gasteiger partial charge in [0.05, 0.1) is 12.6 Å². The molecule has 2 rings (SSSR count). The van der Waals surface area contributed by atoms with Crippen molar-refractivity contribution in [2.75, 3.05) is 6.61 Å². The summed E-state index contributed by atoms with van der Waals surface area (Å²) in [5.74, 6) is 0. The normalized spacial score (nSPS) is 19.9. The SMILES string of the molecule is CC(C)(C)OC(=O)N1[C@@H](CC/C=C/CCc2ccccc2)COC1(C)C. The average molecular weight is 360 g/mol. The van der Waals surface area contributed by atoms with E-state index in [4.69, 9.17) is 9.47 Å². The van der Waals surface area contributed by atoms with Gasteiger partial charge < -0.3 is 9.47 Å². The highest BCUT2D eigenvalue weighted by atomic mass is 16.6. The Morgan fingerprint density at radius 2 is 1.88 bits per heavy atom. The van der Waals surface area contributed by atoms with Crippen LogP contribution in [0.5, 0.6) is 0 Å². The minimum absolute atomic E-state index is 0.0543. The van der Waals surface area contributed by atoms with E-state index in [1.54, 1.807) is 4.90 Å². The first-order chi connectivity index (χ1) is 12.2. The Morgan fingerprint density at radius 1 is 1.23 bits per heavy atom. The third kappa shape index (κ3) is 6.17. The molecule has 0 spiro atoms. The van der Waals surface area contributed by atoms with Gasteiger partial charge in [-0.15, -0.1) is 0 Å². The zero-order valence-electron chi connectivity index (χ0n) is 16.8. The van der Waals surface area contributed by atoms with Crippen LogP contribution in [0.25, 0.3) is 0 Å². The van der Waals surface area contributed by atoms with Crippen molar-refractivity contribution in [3.05, 3.63) is 48.0 Å². The van der Waals surface area contributed by atoms with Crippen LogP contribution in [0.4, 0.5) is 4.79 Å². The van der Waals surface area contributed by atoms with Crippen molar-refractivity contribution in [1.82, 2.24) is 4.90 Å². The fourth-order valence-corrected chi connectivity index (χ4v) is 3.20. The number of hydrogen-bond donors (Lipinski definition) is 0. The zero-order valence-corrected chi connectivity index (χ0v) is 16.8. The van der Waals surface area contributed by atoms with E-state index in [0.717, 1.165) is 25.7 Å². The molecular formula is C22H33NO3. The summed E-state index contributed by atoms with van der Waals surface area (Å²) in [6.45, 7) is 10.1. The van der Waals surface area contributed by atoms with Gasteiger partial charge in [0, 0.05) is 0 Å². The van der Waals surface area contributed by atoms with E-state index in [1.807, 2.05) is 40.7 Å². The minimum Gasteiger partial charge on any atom is -0.444 e. The second kappa shape index (κ2) is 8.72. The predicted octanol–water partition coefficient (Wildman–Crippen LogP) is 5.33. The van der Waals surface area contributed by atoms with Crippen LogP contribution in [0.2, 0.25) is 0 Å². The van der Waals surface area contributed by atoms with Crippen molar-refractivity contribution in [2.45, 2.75) is 77.7 Å². The molecule has 0 N–H and O–H groups in total. The number of hydrogen-bond acceptors (Lipinski definition) is 3. The van der Waals surface area contributed by atoms with Gasteiger partial charge in [0.1, 0.15) is 11.3 Å². The van der Waals surface area contributed by atoms with Gasteiger partial charge in [0.2, 0.25) is 0 Å². The summed E-state index contributed by atoms with van der Waals surface area (Å²) >= 11 is 0. The Bertz CT molecular complexity index is 602. The standard InChI is InChI=1S/C22H33NO3/c1-21(2,3)26-20(24)23-19(17-25-22(23,4)5)16-12-7-6-9-13-18-14-10-8-11-15-18/h6-8,10-11,14-15,19H,9,12-13,16-17H2,1-5H3/b7-6+/t19-/m0/s1. The van der Waals surface area contributed by atoms with E-state index in [0.29, 0.717) is 6.61 Å². The largest absolute Gasteiger partial charge is 0.444 e. The molecule has 1 aromatic rings. The van der Waals surface area contributed by atoms with E-state index < -0.39 is 11.3 Å². The second-order valence-corrected chi connectivity index (χ2v) is 8.33. The van der Waals surface area contributed by atoms with Crippen LogP contribution in [0.3, 0.4) is 0 Å². The van der Waals surface area contributed by atoms with Gasteiger partial charge in [-0.1, -0.05) is 42.5 Å². The Balaban J connectivity index is 1.81. The minimum atomic E-state index is -0.621. The number of amides is 1. The fraction of sp³-hybridized carbons (Fsp3) is 0.591. The number of allylic oxidation sites excluding steroid dienone is 2. The molecule has 4 nitrogen and oxygen atoms in total. The van der Waals surface area contributed by atoms with Crippen molar-refractivity contribution in [3.63, 3.8) is 0 Å². The molecule has 4 heteroatoms. The molecule has 0 radical (unpaired) electrons. The van der Waals surface area contributed by atoms with E-state index >= 15 is 0 Å². The fourth-order valence-electron chi connectivity index (χ4n) is 3.20. The third-order valence-electron chi connectivity index (χ3n) is 4.44. The number of carbonyl (C=O) groups is 1. The lowest BCUT2D eigenvalue weighted by Crippen LogP contribution is -2.49. The maximum atomic E-state index is 12.6. The molecule has 0 saturated carbocycles. The van der Waals surface area contributed by atoms with Crippen LogP contribution in [-0.2, 0) is 15.9 Å². The van der Waals surface area contributed by atoms with Gasteiger partial charge >= 0.3 is 6.09 Å². The van der Waals surface area contributed by atoms with Gasteiger partial charge in [0.15, 0.2) is 0 Å². The molecule has 1 fully saturated rings. The molecule has 1 heterocycles. The molecule has 0 aromatic heterocycles. The monoisotopic (exact) mass is 359 g/mol. The summed E-state index contributed by atoms with van der Waals surface area (Å²) in [5, 5.41) is 0. The van der Waals surface area contributed by atoms with Crippen molar-refractivity contribution in [3.8, 4) is 0 Å². The first-order valence-corrected chi connectivity index (χ1v) is 9.54. The highest BCUT2D eigenvalue weighted by Crippen LogP contribution is 2.31. The quantitative estimate of drug-likeness (QED) is 0.645. The van der Waals surface area contributed by atoms with Crippen LogP contribution in [0.1, 0.15) is 59.4 Å². The summed E-state index contributed by atoms with van der Waals surface area (Å²) in [7, 11) is 0. The number of carbonyl (C=O) groups excluding carboxylic acids is 1. The molecule has 1 amide bonds. The second-order valence-electron chi connectivity index (χ2n) is 8.33. The van der Waals surface area contributed by atoms with Crippen LogP contribution >= 0.6 is 0 Å². The Kier molecular flexibility index (Phi) is 6.87. The Hall–Kier alpha value is -1.81. The van der Waals surface area contributed by atoms with Crippen LogP contribution in [0, 0.1) is 0 Å². The molecule has 144 valence electrons. The van der Waals surface area contributed by atoms with Crippen molar-refractivity contribution >= 4 is 6.09 Å². The molecule has 0 aliphatic carbocycles. The van der Waals surface area contributed by atoms with E-state index in [9.17, 15) is 4.79 Å². The summed E-state index contributed by atoms with van der Waals surface area (Å²) in [4.78, 5) is 14.3. The average Bonchev–Trinajstić information content (AvgIpc) is 2.85. The summed E-state index contributed by atoms with van der Waals surface area (Å²) in [5.41, 5.74) is 0.237. The maximum absolute atomic E-state index is 12.6. The van der Waals surface area contributed by atoms with Crippen LogP contribution in [0.15, 0.2) is 42.5 Å². The lowest BCUT2D eigenvalue weighted by atomic mass is 10.1. The van der Waals surface area contributed by atoms with Crippen molar-refractivity contribution in [1.29, 1.82) is 0 Å². The summed E-state index contributed by atoms with van der Waals surface area (Å²) in [6, 6.07) is 10.6. The topological polar surface area (TPSA) is 38.8 Å². The lowest BCUT2D eigenvalue weighted by Gasteiger charge is -2.35. The van der Waals surface area contributed by atoms with Gasteiger partial charge in [0.25, 0.3) is 0 Å². The van der Waals surface area contributed by atoms with Gasteiger partial charge in [-0.05, 0) is 65.9 Å². The van der Waals surface area contributed by atoms with E-state index in [-0.39, 0.29) is 12.1 Å². The predicted molar refractivity (Wildman–Crippen MR) is 105 cm³/mol. The lowest BCUT2D eigenvalue weighted by molar-refractivity contribution is -0.0626. The highest BCUT2D eigenvalue weighted by Gasteiger charge is 2.45. The first kappa shape index (κ1) is 20.5. The number of benzene rings is 1. The van der Waals surface area contributed by atoms with E-state index in [2.05, 4.69) is 36.4 Å². The van der Waals surface area contributed by atoms with Gasteiger partial charge in [-0.2, -0.15) is 0 Å². The third-order valence-corrected chi connectivity index (χ3v) is 4.44. The molecular weight excluding hydrogens is 326 g/mol. The molecule has 1 atom stereocenters. The molecule has 1 aliphatic rings. The first-order valence-electron chi connectivity index (χ1n) is 9.54. The molecule has 0 unspecified atom stereocenters. The van der Waals surface area contributed by atoms with Crippen LogP contribution in [-0.4, -0.2) is 35.0 Å². The smallest absolute Gasteiger partial charge is 0.412 e.